The van der Waals surface area contributed by atoms with Gasteiger partial charge in [0.2, 0.25) is 0 Å². The predicted octanol–water partition coefficient (Wildman–Crippen LogP) is 6.00. The Balaban J connectivity index is 2.74. The molecule has 0 spiro atoms. The molecule has 0 amide bonds. The first-order valence-electron chi connectivity index (χ1n) is 8.68. The number of benzene rings is 1. The second kappa shape index (κ2) is 7.14. The molecule has 26 heavy (non-hydrogen) atoms. The van der Waals surface area contributed by atoms with Crippen molar-refractivity contribution in [3.63, 3.8) is 0 Å². The zero-order valence-electron chi connectivity index (χ0n) is 16.9. The molecular weight excluding hydrogens is 378 g/mol. The van der Waals surface area contributed by atoms with E-state index >= 15 is 0 Å². The SMILES string of the molecule is COc1ccc(-c2c(C#N)[nH]c(N([Si](C)(C)C)[Si](C)(C)C)c2C)c(Cl)c1. The highest BCUT2D eigenvalue weighted by Crippen LogP contribution is 2.41. The Labute approximate surface area is 163 Å². The van der Waals surface area contributed by atoms with Crippen LogP contribution < -0.4 is 8.97 Å². The lowest BCUT2D eigenvalue weighted by molar-refractivity contribution is 0.415. The van der Waals surface area contributed by atoms with Crippen molar-refractivity contribution in [1.82, 2.24) is 4.98 Å². The lowest BCUT2D eigenvalue weighted by Gasteiger charge is -2.45. The van der Waals surface area contributed by atoms with E-state index in [1.54, 1.807) is 13.2 Å². The monoisotopic (exact) mass is 405 g/mol. The van der Waals surface area contributed by atoms with E-state index in [0.29, 0.717) is 16.5 Å². The molecule has 0 bridgehead atoms. The fourth-order valence-electron chi connectivity index (χ4n) is 3.73. The highest BCUT2D eigenvalue weighted by Gasteiger charge is 2.37. The quantitative estimate of drug-likeness (QED) is 0.620. The molecule has 4 nitrogen and oxygen atoms in total. The van der Waals surface area contributed by atoms with E-state index < -0.39 is 16.5 Å². The molecular formula is C19H28ClN3OSi2. The van der Waals surface area contributed by atoms with Gasteiger partial charge in [-0.2, -0.15) is 5.26 Å². The van der Waals surface area contributed by atoms with E-state index in [4.69, 9.17) is 16.3 Å². The summed E-state index contributed by atoms with van der Waals surface area (Å²) in [7, 11) is -1.67. The van der Waals surface area contributed by atoms with E-state index in [1.807, 2.05) is 12.1 Å². The summed E-state index contributed by atoms with van der Waals surface area (Å²) in [5, 5.41) is 10.3. The second-order valence-electron chi connectivity index (χ2n) is 8.48. The normalized spacial score (nSPS) is 12.0. The standard InChI is InChI=1S/C19H28ClN3OSi2/c1-13-18(15-10-9-14(24-2)11-16(15)20)17(12-21)22-19(13)23(25(3,4)5)26(6,7)8/h9-11,22H,1-8H3. The summed E-state index contributed by atoms with van der Waals surface area (Å²) in [5.41, 5.74) is 3.39. The molecule has 1 heterocycles. The van der Waals surface area contributed by atoms with Crippen LogP contribution in [-0.2, 0) is 0 Å². The molecule has 2 aromatic rings. The smallest absolute Gasteiger partial charge is 0.139 e. The van der Waals surface area contributed by atoms with Crippen LogP contribution in [0.5, 0.6) is 5.75 Å². The average Bonchev–Trinajstić information content (AvgIpc) is 2.81. The summed E-state index contributed by atoms with van der Waals surface area (Å²) in [5.74, 6) is 1.78. The number of ether oxygens (including phenoxy) is 1. The van der Waals surface area contributed by atoms with E-state index in [2.05, 4.69) is 61.5 Å². The van der Waals surface area contributed by atoms with E-state index in [-0.39, 0.29) is 0 Å². The van der Waals surface area contributed by atoms with Gasteiger partial charge in [0, 0.05) is 11.1 Å². The van der Waals surface area contributed by atoms with Crippen LogP contribution in [-0.4, -0.2) is 28.6 Å². The van der Waals surface area contributed by atoms with Crippen LogP contribution in [0.3, 0.4) is 0 Å². The van der Waals surface area contributed by atoms with Crippen molar-refractivity contribution in [3.05, 3.63) is 34.5 Å². The molecule has 0 fully saturated rings. The van der Waals surface area contributed by atoms with Gasteiger partial charge in [0.1, 0.15) is 34.0 Å². The zero-order valence-corrected chi connectivity index (χ0v) is 19.7. The molecule has 0 aliphatic carbocycles. The summed E-state index contributed by atoms with van der Waals surface area (Å²) in [4.78, 5) is 3.41. The molecule has 0 atom stereocenters. The van der Waals surface area contributed by atoms with Gasteiger partial charge < -0.3 is 14.0 Å². The molecule has 7 heteroatoms. The number of aromatic amines is 1. The molecule has 0 saturated carbocycles. The van der Waals surface area contributed by atoms with Gasteiger partial charge in [-0.3, -0.25) is 0 Å². The van der Waals surface area contributed by atoms with Gasteiger partial charge in [0.05, 0.1) is 18.0 Å². The third kappa shape index (κ3) is 3.85. The average molecular weight is 406 g/mol. The Morgan fingerprint density at radius 3 is 2.12 bits per heavy atom. The first-order chi connectivity index (χ1) is 11.9. The maximum Gasteiger partial charge on any atom is 0.139 e. The van der Waals surface area contributed by atoms with Crippen LogP contribution in [0.4, 0.5) is 5.82 Å². The molecule has 1 N–H and O–H groups in total. The van der Waals surface area contributed by atoms with E-state index in [0.717, 1.165) is 22.5 Å². The molecule has 1 aromatic heterocycles. The van der Waals surface area contributed by atoms with Crippen LogP contribution >= 0.6 is 11.6 Å². The van der Waals surface area contributed by atoms with Crippen molar-refractivity contribution in [2.75, 3.05) is 11.3 Å². The van der Waals surface area contributed by atoms with Crippen molar-refractivity contribution < 1.29 is 4.74 Å². The third-order valence-corrected chi connectivity index (χ3v) is 11.8. The van der Waals surface area contributed by atoms with Crippen LogP contribution in [0.2, 0.25) is 44.3 Å². The first-order valence-corrected chi connectivity index (χ1v) is 16.0. The Morgan fingerprint density at radius 2 is 1.69 bits per heavy atom. The number of rotatable bonds is 5. The Hall–Kier alpha value is -1.69. The molecule has 140 valence electrons. The fourth-order valence-corrected chi connectivity index (χ4v) is 13.8. The summed E-state index contributed by atoms with van der Waals surface area (Å²) >= 11 is 6.51. The predicted molar refractivity (Wildman–Crippen MR) is 116 cm³/mol. The summed E-state index contributed by atoms with van der Waals surface area (Å²) in [6, 6.07) is 7.92. The van der Waals surface area contributed by atoms with Crippen LogP contribution in [0.1, 0.15) is 11.3 Å². The highest BCUT2D eigenvalue weighted by atomic mass is 35.5. The van der Waals surface area contributed by atoms with Gasteiger partial charge in [0.25, 0.3) is 0 Å². The summed E-state index contributed by atoms with van der Waals surface area (Å²) < 4.78 is 7.85. The molecule has 0 saturated heterocycles. The van der Waals surface area contributed by atoms with Gasteiger partial charge in [-0.05, 0) is 30.7 Å². The largest absolute Gasteiger partial charge is 0.497 e. The number of aromatic nitrogens is 1. The maximum atomic E-state index is 9.75. The van der Waals surface area contributed by atoms with E-state index in [9.17, 15) is 5.26 Å². The summed E-state index contributed by atoms with van der Waals surface area (Å²) in [6.45, 7) is 16.1. The molecule has 0 aliphatic rings. The minimum absolute atomic E-state index is 0.561. The highest BCUT2D eigenvalue weighted by molar-refractivity contribution is 6.99. The van der Waals surface area contributed by atoms with Crippen LogP contribution in [0, 0.1) is 18.3 Å². The lowest BCUT2D eigenvalue weighted by atomic mass is 10.0. The van der Waals surface area contributed by atoms with Gasteiger partial charge in [-0.25, -0.2) is 0 Å². The Bertz CT molecular complexity index is 843. The number of H-pyrrole nitrogens is 1. The summed E-state index contributed by atoms with van der Waals surface area (Å²) in [6.07, 6.45) is 0. The lowest BCUT2D eigenvalue weighted by Crippen LogP contribution is -2.60. The van der Waals surface area contributed by atoms with Crippen molar-refractivity contribution in [1.29, 1.82) is 5.26 Å². The first kappa shape index (κ1) is 20.6. The van der Waals surface area contributed by atoms with Crippen molar-refractivity contribution >= 4 is 33.9 Å². The number of nitriles is 1. The van der Waals surface area contributed by atoms with Crippen molar-refractivity contribution in [2.45, 2.75) is 46.2 Å². The van der Waals surface area contributed by atoms with Crippen LogP contribution in [0.25, 0.3) is 11.1 Å². The fraction of sp³-hybridized carbons (Fsp3) is 0.421. The van der Waals surface area contributed by atoms with Crippen molar-refractivity contribution in [3.8, 4) is 22.9 Å². The zero-order chi connectivity index (χ0) is 19.9. The molecule has 1 aromatic carbocycles. The Kier molecular flexibility index (Phi) is 5.67. The molecule has 0 radical (unpaired) electrons. The molecule has 0 unspecified atom stereocenters. The van der Waals surface area contributed by atoms with Gasteiger partial charge in [-0.15, -0.1) is 0 Å². The number of nitrogens with one attached hydrogen (secondary N) is 1. The topological polar surface area (TPSA) is 52.0 Å². The van der Waals surface area contributed by atoms with Crippen LogP contribution in [0.15, 0.2) is 18.2 Å². The minimum Gasteiger partial charge on any atom is -0.497 e. The molecule has 2 rings (SSSR count). The number of hydrogen-bond donors (Lipinski definition) is 1. The third-order valence-electron chi connectivity index (χ3n) is 4.35. The maximum absolute atomic E-state index is 9.75. The number of anilines is 1. The van der Waals surface area contributed by atoms with Gasteiger partial charge >= 0.3 is 0 Å². The number of halogens is 1. The second-order valence-corrected chi connectivity index (χ2v) is 18.9. The van der Waals surface area contributed by atoms with Gasteiger partial charge in [0.15, 0.2) is 0 Å². The number of hydrogen-bond acceptors (Lipinski definition) is 3. The minimum atomic E-state index is -1.64. The van der Waals surface area contributed by atoms with Gasteiger partial charge in [-0.1, -0.05) is 50.9 Å². The van der Waals surface area contributed by atoms with Crippen molar-refractivity contribution in [2.24, 2.45) is 0 Å². The van der Waals surface area contributed by atoms with E-state index in [1.165, 1.54) is 0 Å². The number of nitrogens with zero attached hydrogens (tertiary/aromatic N) is 2. The Morgan fingerprint density at radius 1 is 1.12 bits per heavy atom. The molecule has 0 aliphatic heterocycles. The number of methoxy groups -OCH3 is 1.